The Kier molecular flexibility index (Phi) is 4.60. The van der Waals surface area contributed by atoms with Gasteiger partial charge < -0.3 is 9.80 Å². The lowest BCUT2D eigenvalue weighted by Gasteiger charge is -2.38. The zero-order valence-electron chi connectivity index (χ0n) is 10.4. The van der Waals surface area contributed by atoms with Gasteiger partial charge in [-0.2, -0.15) is 5.26 Å². The van der Waals surface area contributed by atoms with Gasteiger partial charge in [-0.05, 0) is 18.3 Å². The second kappa shape index (κ2) is 5.74. The molecule has 4 nitrogen and oxygen atoms in total. The van der Waals surface area contributed by atoms with Gasteiger partial charge in [-0.1, -0.05) is 20.3 Å². The van der Waals surface area contributed by atoms with E-state index in [1.165, 1.54) is 4.90 Å². The molecule has 0 unspecified atom stereocenters. The third kappa shape index (κ3) is 2.88. The number of urea groups is 1. The summed E-state index contributed by atoms with van der Waals surface area (Å²) in [6.45, 7) is 6.27. The van der Waals surface area contributed by atoms with Crippen LogP contribution in [0.3, 0.4) is 0 Å². The number of carbonyl (C=O) groups excluding carboxylic acids is 1. The van der Waals surface area contributed by atoms with E-state index in [1.807, 2.05) is 11.0 Å². The highest BCUT2D eigenvalue weighted by molar-refractivity contribution is 5.74. The molecule has 1 aliphatic rings. The van der Waals surface area contributed by atoms with Gasteiger partial charge >= 0.3 is 6.03 Å². The summed E-state index contributed by atoms with van der Waals surface area (Å²) in [5.74, 6) is 1.31. The molecule has 1 fully saturated rings. The van der Waals surface area contributed by atoms with Crippen molar-refractivity contribution in [1.29, 1.82) is 5.26 Å². The van der Waals surface area contributed by atoms with Crippen molar-refractivity contribution >= 4 is 6.03 Å². The fourth-order valence-corrected chi connectivity index (χ4v) is 2.27. The number of carbonyl (C=O) groups is 1. The van der Waals surface area contributed by atoms with Crippen LogP contribution in [0.5, 0.6) is 0 Å². The summed E-state index contributed by atoms with van der Waals surface area (Å²) in [4.78, 5) is 15.3. The predicted octanol–water partition coefficient (Wildman–Crippen LogP) is 1.93. The van der Waals surface area contributed by atoms with E-state index < -0.39 is 0 Å². The van der Waals surface area contributed by atoms with Gasteiger partial charge in [0.15, 0.2) is 0 Å². The molecule has 1 aliphatic heterocycles. The maximum Gasteiger partial charge on any atom is 0.320 e. The summed E-state index contributed by atoms with van der Waals surface area (Å²) in [5, 5.41) is 8.56. The molecule has 0 spiro atoms. The lowest BCUT2D eigenvalue weighted by molar-refractivity contribution is 0.115. The highest BCUT2D eigenvalue weighted by Gasteiger charge is 2.28. The number of nitrogens with zero attached hydrogens (tertiary/aromatic N) is 3. The van der Waals surface area contributed by atoms with E-state index in [9.17, 15) is 4.79 Å². The van der Waals surface area contributed by atoms with Gasteiger partial charge in [0.2, 0.25) is 0 Å². The van der Waals surface area contributed by atoms with Crippen LogP contribution in [0.2, 0.25) is 0 Å². The maximum atomic E-state index is 12.0. The second-order valence-electron chi connectivity index (χ2n) is 4.68. The zero-order valence-corrected chi connectivity index (χ0v) is 10.4. The average molecular weight is 223 g/mol. The first-order valence-electron chi connectivity index (χ1n) is 5.97. The van der Waals surface area contributed by atoms with E-state index in [2.05, 4.69) is 13.8 Å². The molecule has 2 amide bonds. The Hall–Kier alpha value is -1.24. The summed E-state index contributed by atoms with van der Waals surface area (Å²) in [6.07, 6.45) is 2.19. The highest BCUT2D eigenvalue weighted by Crippen LogP contribution is 2.25. The summed E-state index contributed by atoms with van der Waals surface area (Å²) in [5.41, 5.74) is 0. The molecule has 0 bridgehead atoms. The molecule has 0 aromatic rings. The maximum absolute atomic E-state index is 12.0. The van der Waals surface area contributed by atoms with E-state index in [0.717, 1.165) is 25.9 Å². The summed E-state index contributed by atoms with van der Waals surface area (Å²) >= 11 is 0. The molecule has 90 valence electrons. The Morgan fingerprint density at radius 1 is 1.62 bits per heavy atom. The van der Waals surface area contributed by atoms with Crippen molar-refractivity contribution in [1.82, 2.24) is 9.80 Å². The Morgan fingerprint density at radius 3 is 2.88 bits per heavy atom. The minimum atomic E-state index is -0.00750. The normalized spacial score (nSPS) is 25.0. The topological polar surface area (TPSA) is 47.3 Å². The number of nitriles is 1. The van der Waals surface area contributed by atoms with Crippen LogP contribution < -0.4 is 0 Å². The Morgan fingerprint density at radius 2 is 2.31 bits per heavy atom. The van der Waals surface area contributed by atoms with Crippen LogP contribution in [0.4, 0.5) is 4.79 Å². The third-order valence-electron chi connectivity index (χ3n) is 3.54. The van der Waals surface area contributed by atoms with Crippen molar-refractivity contribution in [2.75, 3.05) is 26.7 Å². The molecule has 4 heteroatoms. The molecular weight excluding hydrogens is 202 g/mol. The van der Waals surface area contributed by atoms with Gasteiger partial charge in [-0.15, -0.1) is 0 Å². The fourth-order valence-electron chi connectivity index (χ4n) is 2.27. The first kappa shape index (κ1) is 12.8. The predicted molar refractivity (Wildman–Crippen MR) is 62.8 cm³/mol. The van der Waals surface area contributed by atoms with Crippen molar-refractivity contribution < 1.29 is 4.79 Å². The molecule has 16 heavy (non-hydrogen) atoms. The van der Waals surface area contributed by atoms with E-state index >= 15 is 0 Å². The van der Waals surface area contributed by atoms with Crippen molar-refractivity contribution in [2.45, 2.75) is 26.7 Å². The number of rotatable bonds is 2. The van der Waals surface area contributed by atoms with E-state index in [4.69, 9.17) is 5.26 Å². The molecule has 1 rings (SSSR count). The molecule has 1 heterocycles. The van der Waals surface area contributed by atoms with E-state index in [0.29, 0.717) is 11.8 Å². The molecule has 0 aromatic heterocycles. The largest absolute Gasteiger partial charge is 0.324 e. The molecule has 0 aliphatic carbocycles. The average Bonchev–Trinajstić information content (AvgIpc) is 2.29. The Bertz CT molecular complexity index is 284. The minimum absolute atomic E-state index is 0.00750. The first-order chi connectivity index (χ1) is 7.60. The fraction of sp³-hybridized carbons (Fsp3) is 0.833. The second-order valence-corrected chi connectivity index (χ2v) is 4.68. The van der Waals surface area contributed by atoms with Crippen molar-refractivity contribution in [3.63, 3.8) is 0 Å². The third-order valence-corrected chi connectivity index (χ3v) is 3.54. The highest BCUT2D eigenvalue weighted by atomic mass is 16.2. The number of likely N-dealkylation sites (tertiary alicyclic amines) is 1. The van der Waals surface area contributed by atoms with Crippen LogP contribution in [-0.2, 0) is 0 Å². The number of hydrogen-bond donors (Lipinski definition) is 0. The van der Waals surface area contributed by atoms with Gasteiger partial charge in [0.1, 0.15) is 6.54 Å². The quantitative estimate of drug-likeness (QED) is 0.671. The van der Waals surface area contributed by atoms with Gasteiger partial charge in [0.25, 0.3) is 0 Å². The summed E-state index contributed by atoms with van der Waals surface area (Å²) < 4.78 is 0. The first-order valence-corrected chi connectivity index (χ1v) is 5.97. The van der Waals surface area contributed by atoms with Crippen LogP contribution in [0.25, 0.3) is 0 Å². The van der Waals surface area contributed by atoms with E-state index in [1.54, 1.807) is 7.05 Å². The van der Waals surface area contributed by atoms with Crippen molar-refractivity contribution in [3.05, 3.63) is 0 Å². The monoisotopic (exact) mass is 223 g/mol. The number of hydrogen-bond acceptors (Lipinski definition) is 2. The van der Waals surface area contributed by atoms with Crippen LogP contribution in [0, 0.1) is 23.2 Å². The minimum Gasteiger partial charge on any atom is -0.324 e. The van der Waals surface area contributed by atoms with Crippen LogP contribution in [-0.4, -0.2) is 42.5 Å². The smallest absolute Gasteiger partial charge is 0.320 e. The number of piperidine rings is 1. The lowest BCUT2D eigenvalue weighted by atomic mass is 9.85. The molecule has 0 radical (unpaired) electrons. The SMILES string of the molecule is CC[C@H]1CN(C(=O)N(C)CC#N)CC[C@H]1C. The van der Waals surface area contributed by atoms with Gasteiger partial charge in [0.05, 0.1) is 6.07 Å². The molecule has 0 saturated carbocycles. The molecule has 2 atom stereocenters. The molecule has 1 saturated heterocycles. The van der Waals surface area contributed by atoms with E-state index in [-0.39, 0.29) is 12.6 Å². The van der Waals surface area contributed by atoms with Crippen molar-refractivity contribution in [3.8, 4) is 6.07 Å². The Balaban J connectivity index is 2.55. The van der Waals surface area contributed by atoms with Crippen LogP contribution >= 0.6 is 0 Å². The summed E-state index contributed by atoms with van der Waals surface area (Å²) in [6, 6.07) is 1.99. The van der Waals surface area contributed by atoms with Gasteiger partial charge in [-0.25, -0.2) is 4.79 Å². The van der Waals surface area contributed by atoms with Gasteiger partial charge in [-0.3, -0.25) is 0 Å². The standard InChI is InChI=1S/C12H21N3O/c1-4-11-9-15(7-5-10(11)2)12(16)14(3)8-6-13/h10-11H,4-5,7-9H2,1-3H3/t10-,11+/m1/s1. The van der Waals surface area contributed by atoms with Crippen LogP contribution in [0.15, 0.2) is 0 Å². The zero-order chi connectivity index (χ0) is 12.1. The molecule has 0 N–H and O–H groups in total. The van der Waals surface area contributed by atoms with Crippen LogP contribution in [0.1, 0.15) is 26.7 Å². The number of amides is 2. The van der Waals surface area contributed by atoms with Crippen molar-refractivity contribution in [2.24, 2.45) is 11.8 Å². The summed E-state index contributed by atoms with van der Waals surface area (Å²) in [7, 11) is 1.69. The van der Waals surface area contributed by atoms with Gasteiger partial charge in [0, 0.05) is 20.1 Å². The molecule has 0 aromatic carbocycles. The lowest BCUT2D eigenvalue weighted by Crippen LogP contribution is -2.48. The Labute approximate surface area is 97.8 Å². The molecular formula is C12H21N3O.